The van der Waals surface area contributed by atoms with E-state index in [9.17, 15) is 0 Å². The van der Waals surface area contributed by atoms with Crippen LogP contribution in [0.1, 0.15) is 51.0 Å². The minimum absolute atomic E-state index is 0.0373. The lowest BCUT2D eigenvalue weighted by Gasteiger charge is -2.38. The third-order valence-electron chi connectivity index (χ3n) is 4.02. The van der Waals surface area contributed by atoms with Gasteiger partial charge in [0.1, 0.15) is 0 Å². The molecule has 4 heteroatoms. The lowest BCUT2D eigenvalue weighted by atomic mass is 9.89. The summed E-state index contributed by atoms with van der Waals surface area (Å²) in [6, 6.07) is 0.404. The van der Waals surface area contributed by atoms with Gasteiger partial charge in [0.2, 0.25) is 0 Å². The average Bonchev–Trinajstić information content (AvgIpc) is 3.06. The lowest BCUT2D eigenvalue weighted by Crippen LogP contribution is -2.52. The van der Waals surface area contributed by atoms with Crippen molar-refractivity contribution in [2.24, 2.45) is 0 Å². The number of hydrogen-bond donors (Lipinski definition) is 1. The summed E-state index contributed by atoms with van der Waals surface area (Å²) in [5.74, 6) is 0. The fourth-order valence-corrected chi connectivity index (χ4v) is 3.81. The molecule has 1 heterocycles. The van der Waals surface area contributed by atoms with E-state index in [-0.39, 0.29) is 5.60 Å². The van der Waals surface area contributed by atoms with E-state index < -0.39 is 0 Å². The predicted octanol–water partition coefficient (Wildman–Crippen LogP) is 3.40. The van der Waals surface area contributed by atoms with E-state index in [2.05, 4.69) is 29.5 Å². The summed E-state index contributed by atoms with van der Waals surface area (Å²) in [6.07, 6.45) is 9.03. The second-order valence-corrected chi connectivity index (χ2v) is 6.32. The number of aromatic nitrogens is 1. The number of nitrogens with one attached hydrogen (secondary N) is 1. The van der Waals surface area contributed by atoms with Crippen molar-refractivity contribution in [1.29, 1.82) is 0 Å². The SMILES string of the molecule is CCCNC(Cc1nccs1)C1(OCC)CCCC1. The lowest BCUT2D eigenvalue weighted by molar-refractivity contribution is -0.0612. The molecule has 1 aliphatic carbocycles. The summed E-state index contributed by atoms with van der Waals surface area (Å²) >= 11 is 1.75. The van der Waals surface area contributed by atoms with Gasteiger partial charge < -0.3 is 10.1 Å². The van der Waals surface area contributed by atoms with E-state index in [0.29, 0.717) is 6.04 Å². The summed E-state index contributed by atoms with van der Waals surface area (Å²) < 4.78 is 6.21. The molecule has 1 atom stereocenters. The molecule has 19 heavy (non-hydrogen) atoms. The van der Waals surface area contributed by atoms with E-state index in [1.165, 1.54) is 30.7 Å². The first-order valence-corrected chi connectivity index (χ1v) is 8.44. The Morgan fingerprint density at radius 1 is 1.42 bits per heavy atom. The van der Waals surface area contributed by atoms with E-state index >= 15 is 0 Å². The van der Waals surface area contributed by atoms with Crippen molar-refractivity contribution in [3.05, 3.63) is 16.6 Å². The zero-order valence-corrected chi connectivity index (χ0v) is 13.0. The van der Waals surface area contributed by atoms with Crippen LogP contribution in [0.3, 0.4) is 0 Å². The highest BCUT2D eigenvalue weighted by molar-refractivity contribution is 7.09. The molecular formula is C15H26N2OS. The Kier molecular flexibility index (Phi) is 5.79. The summed E-state index contributed by atoms with van der Waals surface area (Å²) in [7, 11) is 0. The first kappa shape index (κ1) is 14.9. The molecule has 3 nitrogen and oxygen atoms in total. The smallest absolute Gasteiger partial charge is 0.0941 e. The van der Waals surface area contributed by atoms with E-state index in [4.69, 9.17) is 4.74 Å². The highest BCUT2D eigenvalue weighted by Crippen LogP contribution is 2.37. The van der Waals surface area contributed by atoms with Gasteiger partial charge in [-0.1, -0.05) is 19.8 Å². The molecular weight excluding hydrogens is 256 g/mol. The van der Waals surface area contributed by atoms with Gasteiger partial charge in [0.15, 0.2) is 0 Å². The fourth-order valence-electron chi connectivity index (χ4n) is 3.15. The van der Waals surface area contributed by atoms with Gasteiger partial charge in [-0.3, -0.25) is 0 Å². The van der Waals surface area contributed by atoms with Gasteiger partial charge in [-0.25, -0.2) is 4.98 Å². The number of rotatable bonds is 8. The molecule has 1 fully saturated rings. The van der Waals surface area contributed by atoms with Crippen molar-refractivity contribution in [2.45, 2.75) is 64.0 Å². The average molecular weight is 282 g/mol. The maximum Gasteiger partial charge on any atom is 0.0941 e. The molecule has 1 aliphatic rings. The fraction of sp³-hybridized carbons (Fsp3) is 0.800. The second-order valence-electron chi connectivity index (χ2n) is 5.34. The maximum absolute atomic E-state index is 6.21. The Morgan fingerprint density at radius 3 is 2.79 bits per heavy atom. The monoisotopic (exact) mass is 282 g/mol. The van der Waals surface area contributed by atoms with Crippen molar-refractivity contribution in [1.82, 2.24) is 10.3 Å². The first-order valence-electron chi connectivity index (χ1n) is 7.56. The minimum Gasteiger partial charge on any atom is -0.374 e. The molecule has 1 N–H and O–H groups in total. The van der Waals surface area contributed by atoms with Crippen molar-refractivity contribution < 1.29 is 4.74 Å². The highest BCUT2D eigenvalue weighted by atomic mass is 32.1. The molecule has 108 valence electrons. The normalized spacial score (nSPS) is 19.7. The van der Waals surface area contributed by atoms with Crippen LogP contribution in [0.2, 0.25) is 0 Å². The van der Waals surface area contributed by atoms with Crippen LogP contribution in [0.15, 0.2) is 11.6 Å². The first-order chi connectivity index (χ1) is 9.30. The van der Waals surface area contributed by atoms with Gasteiger partial charge in [-0.05, 0) is 32.7 Å². The van der Waals surface area contributed by atoms with Crippen LogP contribution in [0.25, 0.3) is 0 Å². The molecule has 0 aliphatic heterocycles. The van der Waals surface area contributed by atoms with Crippen molar-refractivity contribution in [3.63, 3.8) is 0 Å². The highest BCUT2D eigenvalue weighted by Gasteiger charge is 2.42. The Hall–Kier alpha value is -0.450. The standard InChI is InChI=1S/C15H26N2OS/c1-3-9-16-13(12-14-17-10-11-19-14)15(18-4-2)7-5-6-8-15/h10-11,13,16H,3-9,12H2,1-2H3. The number of nitrogens with zero attached hydrogens (tertiary/aromatic N) is 1. The number of ether oxygens (including phenoxy) is 1. The molecule has 1 unspecified atom stereocenters. The van der Waals surface area contributed by atoms with E-state index in [1.807, 2.05) is 6.20 Å². The van der Waals surface area contributed by atoms with Crippen LogP contribution in [-0.4, -0.2) is 29.8 Å². The summed E-state index contributed by atoms with van der Waals surface area (Å²) in [4.78, 5) is 4.45. The predicted molar refractivity (Wildman–Crippen MR) is 80.7 cm³/mol. The maximum atomic E-state index is 6.21. The van der Waals surface area contributed by atoms with Crippen molar-refractivity contribution in [2.75, 3.05) is 13.2 Å². The molecule has 1 aromatic heterocycles. The Morgan fingerprint density at radius 2 is 2.21 bits per heavy atom. The molecule has 2 rings (SSSR count). The van der Waals surface area contributed by atoms with E-state index in [0.717, 1.165) is 26.0 Å². The molecule has 0 amide bonds. The zero-order chi connectivity index (χ0) is 13.6. The molecule has 0 saturated heterocycles. The van der Waals surface area contributed by atoms with Gasteiger partial charge >= 0.3 is 0 Å². The van der Waals surface area contributed by atoms with Crippen molar-refractivity contribution in [3.8, 4) is 0 Å². The third kappa shape index (κ3) is 3.77. The van der Waals surface area contributed by atoms with Gasteiger partial charge in [0, 0.05) is 30.6 Å². The van der Waals surface area contributed by atoms with Crippen LogP contribution >= 0.6 is 11.3 Å². The molecule has 0 bridgehead atoms. The van der Waals surface area contributed by atoms with Crippen LogP contribution in [0.5, 0.6) is 0 Å². The summed E-state index contributed by atoms with van der Waals surface area (Å²) in [5.41, 5.74) is 0.0373. The Bertz CT molecular complexity index is 347. The van der Waals surface area contributed by atoms with Crippen LogP contribution < -0.4 is 5.32 Å². The third-order valence-corrected chi connectivity index (χ3v) is 4.82. The molecule has 1 aromatic rings. The van der Waals surface area contributed by atoms with Gasteiger partial charge in [0.05, 0.1) is 10.6 Å². The van der Waals surface area contributed by atoms with E-state index in [1.54, 1.807) is 11.3 Å². The summed E-state index contributed by atoms with van der Waals surface area (Å²) in [5, 5.41) is 7.00. The summed E-state index contributed by atoms with van der Waals surface area (Å²) in [6.45, 7) is 6.20. The minimum atomic E-state index is 0.0373. The van der Waals surface area contributed by atoms with Crippen LogP contribution in [0, 0.1) is 0 Å². The van der Waals surface area contributed by atoms with Gasteiger partial charge in [-0.2, -0.15) is 0 Å². The second kappa shape index (κ2) is 7.36. The zero-order valence-electron chi connectivity index (χ0n) is 12.2. The molecule has 0 radical (unpaired) electrons. The van der Waals surface area contributed by atoms with Crippen LogP contribution in [0.4, 0.5) is 0 Å². The quantitative estimate of drug-likeness (QED) is 0.793. The van der Waals surface area contributed by atoms with Crippen molar-refractivity contribution >= 4 is 11.3 Å². The molecule has 1 saturated carbocycles. The molecule has 0 aromatic carbocycles. The van der Waals surface area contributed by atoms with Gasteiger partial charge in [-0.15, -0.1) is 11.3 Å². The molecule has 0 spiro atoms. The topological polar surface area (TPSA) is 34.2 Å². The Labute approximate surface area is 120 Å². The number of thiazole rings is 1. The van der Waals surface area contributed by atoms with Gasteiger partial charge in [0.25, 0.3) is 0 Å². The Balaban J connectivity index is 2.09. The largest absolute Gasteiger partial charge is 0.374 e. The van der Waals surface area contributed by atoms with Crippen LogP contribution in [-0.2, 0) is 11.2 Å². The number of hydrogen-bond acceptors (Lipinski definition) is 4.